The second-order valence-electron chi connectivity index (χ2n) is 5.53. The summed E-state index contributed by atoms with van der Waals surface area (Å²) in [6.07, 6.45) is 6.72. The van der Waals surface area contributed by atoms with Crippen molar-refractivity contribution in [1.82, 2.24) is 9.78 Å². The molecule has 0 fully saturated rings. The highest BCUT2D eigenvalue weighted by Gasteiger charge is 2.08. The molecule has 1 aromatic heterocycles. The van der Waals surface area contributed by atoms with Crippen LogP contribution in [-0.2, 0) is 17.6 Å². The molecule has 2 aromatic carbocycles. The molecule has 0 radical (unpaired) electrons. The van der Waals surface area contributed by atoms with Crippen LogP contribution in [0.3, 0.4) is 0 Å². The molecule has 0 aliphatic carbocycles. The maximum Gasteiger partial charge on any atom is 0.241 e. The molecule has 0 aliphatic rings. The molecule has 0 atom stereocenters. The lowest BCUT2D eigenvalue weighted by Crippen LogP contribution is -2.05. The van der Waals surface area contributed by atoms with E-state index in [1.165, 1.54) is 11.6 Å². The lowest BCUT2D eigenvalue weighted by atomic mass is 10.1. The first kappa shape index (κ1) is 15.7. The number of rotatable bonds is 6. The van der Waals surface area contributed by atoms with Crippen molar-refractivity contribution in [2.45, 2.75) is 12.8 Å². The Kier molecular flexibility index (Phi) is 4.87. The number of nitrogens with two attached hydrogens (primary N) is 1. The SMILES string of the molecule is NC(=O)C=Cc1cn(-c2ccccc2)nc1CCc1ccccc1. The molecule has 0 bridgehead atoms. The Labute approximate surface area is 141 Å². The molecular weight excluding hydrogens is 298 g/mol. The van der Waals surface area contributed by atoms with Crippen LogP contribution in [0.1, 0.15) is 16.8 Å². The number of para-hydroxylation sites is 1. The fourth-order valence-electron chi connectivity index (χ4n) is 2.55. The summed E-state index contributed by atoms with van der Waals surface area (Å²) >= 11 is 0. The molecule has 0 spiro atoms. The normalized spacial score (nSPS) is 11.0. The molecule has 3 rings (SSSR count). The second-order valence-corrected chi connectivity index (χ2v) is 5.53. The largest absolute Gasteiger partial charge is 0.366 e. The zero-order valence-electron chi connectivity index (χ0n) is 13.3. The summed E-state index contributed by atoms with van der Waals surface area (Å²) in [4.78, 5) is 11.0. The van der Waals surface area contributed by atoms with E-state index in [0.717, 1.165) is 29.8 Å². The topological polar surface area (TPSA) is 60.9 Å². The predicted octanol–water partition coefficient (Wildman–Crippen LogP) is 3.16. The number of benzene rings is 2. The van der Waals surface area contributed by atoms with Crippen molar-refractivity contribution in [1.29, 1.82) is 0 Å². The standard InChI is InChI=1S/C20H19N3O/c21-20(24)14-12-17-15-23(18-9-5-2-6-10-18)22-19(17)13-11-16-7-3-1-4-8-16/h1-10,12,14-15H,11,13H2,(H2,21,24). The van der Waals surface area contributed by atoms with Gasteiger partial charge in [-0.05, 0) is 36.6 Å². The first-order valence-electron chi connectivity index (χ1n) is 7.88. The Bertz CT molecular complexity index is 836. The number of nitrogens with zero attached hydrogens (tertiary/aromatic N) is 2. The van der Waals surface area contributed by atoms with Gasteiger partial charge >= 0.3 is 0 Å². The highest BCUT2D eigenvalue weighted by Crippen LogP contribution is 2.16. The number of hydrogen-bond acceptors (Lipinski definition) is 2. The second kappa shape index (κ2) is 7.42. The fraction of sp³-hybridized carbons (Fsp3) is 0.100. The first-order valence-corrected chi connectivity index (χ1v) is 7.88. The van der Waals surface area contributed by atoms with Crippen molar-refractivity contribution in [2.24, 2.45) is 5.73 Å². The molecule has 2 N–H and O–H groups in total. The van der Waals surface area contributed by atoms with E-state index in [1.807, 2.05) is 59.4 Å². The van der Waals surface area contributed by atoms with E-state index in [4.69, 9.17) is 5.73 Å². The summed E-state index contributed by atoms with van der Waals surface area (Å²) in [7, 11) is 0. The molecule has 0 aliphatic heterocycles. The number of aromatic nitrogens is 2. The van der Waals surface area contributed by atoms with Crippen molar-refractivity contribution in [3.63, 3.8) is 0 Å². The van der Waals surface area contributed by atoms with Gasteiger partial charge in [0.2, 0.25) is 5.91 Å². The van der Waals surface area contributed by atoms with Crippen molar-refractivity contribution in [3.05, 3.63) is 89.8 Å². The molecule has 1 heterocycles. The third-order valence-electron chi connectivity index (χ3n) is 3.76. The summed E-state index contributed by atoms with van der Waals surface area (Å²) in [6.45, 7) is 0. The van der Waals surface area contributed by atoms with E-state index in [2.05, 4.69) is 17.2 Å². The summed E-state index contributed by atoms with van der Waals surface area (Å²) < 4.78 is 1.83. The quantitative estimate of drug-likeness (QED) is 0.710. The number of carbonyl (C=O) groups excluding carboxylic acids is 1. The minimum absolute atomic E-state index is 0.462. The summed E-state index contributed by atoms with van der Waals surface area (Å²) in [5, 5.41) is 4.69. The highest BCUT2D eigenvalue weighted by atomic mass is 16.1. The molecule has 0 saturated heterocycles. The minimum atomic E-state index is -0.462. The molecule has 120 valence electrons. The zero-order chi connectivity index (χ0) is 16.8. The predicted molar refractivity (Wildman–Crippen MR) is 95.6 cm³/mol. The van der Waals surface area contributed by atoms with Crippen molar-refractivity contribution >= 4 is 12.0 Å². The van der Waals surface area contributed by atoms with Gasteiger partial charge in [0.15, 0.2) is 0 Å². The smallest absolute Gasteiger partial charge is 0.241 e. The fourth-order valence-corrected chi connectivity index (χ4v) is 2.55. The zero-order valence-corrected chi connectivity index (χ0v) is 13.3. The van der Waals surface area contributed by atoms with Crippen LogP contribution in [-0.4, -0.2) is 15.7 Å². The lowest BCUT2D eigenvalue weighted by Gasteiger charge is -2.01. The Balaban J connectivity index is 1.87. The number of hydrogen-bond donors (Lipinski definition) is 1. The van der Waals surface area contributed by atoms with Gasteiger partial charge < -0.3 is 5.73 Å². The van der Waals surface area contributed by atoms with E-state index in [9.17, 15) is 4.79 Å². The first-order chi connectivity index (χ1) is 11.7. The van der Waals surface area contributed by atoms with E-state index in [1.54, 1.807) is 6.08 Å². The van der Waals surface area contributed by atoms with Gasteiger partial charge in [-0.1, -0.05) is 48.5 Å². The Morgan fingerprint density at radius 3 is 2.33 bits per heavy atom. The van der Waals surface area contributed by atoms with Crippen LogP contribution >= 0.6 is 0 Å². The number of primary amides is 1. The van der Waals surface area contributed by atoms with Gasteiger partial charge in [-0.2, -0.15) is 5.10 Å². The molecule has 24 heavy (non-hydrogen) atoms. The van der Waals surface area contributed by atoms with Gasteiger partial charge in [0.05, 0.1) is 11.4 Å². The van der Waals surface area contributed by atoms with E-state index < -0.39 is 5.91 Å². The third-order valence-corrected chi connectivity index (χ3v) is 3.76. The molecule has 4 heteroatoms. The van der Waals surface area contributed by atoms with Crippen LogP contribution in [0.5, 0.6) is 0 Å². The maximum absolute atomic E-state index is 11.0. The average Bonchev–Trinajstić information content (AvgIpc) is 3.03. The van der Waals surface area contributed by atoms with E-state index in [0.29, 0.717) is 0 Å². The van der Waals surface area contributed by atoms with Gasteiger partial charge in [0, 0.05) is 17.8 Å². The summed E-state index contributed by atoms with van der Waals surface area (Å²) in [6, 6.07) is 20.2. The Hall–Kier alpha value is -3.14. The molecule has 0 saturated carbocycles. The minimum Gasteiger partial charge on any atom is -0.366 e. The Morgan fingerprint density at radius 2 is 1.67 bits per heavy atom. The summed E-state index contributed by atoms with van der Waals surface area (Å²) in [5.74, 6) is -0.462. The summed E-state index contributed by atoms with van der Waals surface area (Å²) in [5.41, 5.74) is 9.32. The van der Waals surface area contributed by atoms with Crippen molar-refractivity contribution in [2.75, 3.05) is 0 Å². The van der Waals surface area contributed by atoms with E-state index >= 15 is 0 Å². The van der Waals surface area contributed by atoms with Crippen LogP contribution in [0.4, 0.5) is 0 Å². The molecule has 3 aromatic rings. The van der Waals surface area contributed by atoms with E-state index in [-0.39, 0.29) is 0 Å². The van der Waals surface area contributed by atoms with Gasteiger partial charge in [-0.3, -0.25) is 4.79 Å². The number of carbonyl (C=O) groups is 1. The van der Waals surface area contributed by atoms with Crippen LogP contribution in [0.25, 0.3) is 11.8 Å². The average molecular weight is 317 g/mol. The van der Waals surface area contributed by atoms with Gasteiger partial charge in [-0.25, -0.2) is 4.68 Å². The molecule has 4 nitrogen and oxygen atoms in total. The highest BCUT2D eigenvalue weighted by molar-refractivity contribution is 5.90. The Morgan fingerprint density at radius 1 is 1.00 bits per heavy atom. The van der Waals surface area contributed by atoms with Crippen LogP contribution in [0, 0.1) is 0 Å². The van der Waals surface area contributed by atoms with Crippen molar-refractivity contribution < 1.29 is 4.79 Å². The third kappa shape index (κ3) is 3.98. The maximum atomic E-state index is 11.0. The molecule has 1 amide bonds. The number of amides is 1. The van der Waals surface area contributed by atoms with Crippen LogP contribution in [0.2, 0.25) is 0 Å². The van der Waals surface area contributed by atoms with Gasteiger partial charge in [0.25, 0.3) is 0 Å². The lowest BCUT2D eigenvalue weighted by molar-refractivity contribution is -0.113. The van der Waals surface area contributed by atoms with Gasteiger partial charge in [-0.15, -0.1) is 0 Å². The molecule has 0 unspecified atom stereocenters. The number of aryl methyl sites for hydroxylation is 2. The van der Waals surface area contributed by atoms with Gasteiger partial charge in [0.1, 0.15) is 0 Å². The van der Waals surface area contributed by atoms with Crippen LogP contribution < -0.4 is 5.73 Å². The monoisotopic (exact) mass is 317 g/mol. The van der Waals surface area contributed by atoms with Crippen LogP contribution in [0.15, 0.2) is 72.9 Å². The van der Waals surface area contributed by atoms with Crippen molar-refractivity contribution in [3.8, 4) is 5.69 Å². The molecular formula is C20H19N3O.